The van der Waals surface area contributed by atoms with Crippen molar-refractivity contribution in [2.45, 2.75) is 13.8 Å². The molecular formula is C18H20ClN3O3S. The molecule has 0 aliphatic carbocycles. The standard InChI is InChI=1S/C18H20ClN3O3S/c1-3-20-16(23)11-22(4-2)18(25)12-7-8-13(19)14(10-12)21-17(24)15-6-5-9-26-15/h5-10H,3-4,11H2,1-2H3,(H,20,23)(H,21,24). The van der Waals surface area contributed by atoms with E-state index in [9.17, 15) is 14.4 Å². The Balaban J connectivity index is 2.17. The van der Waals surface area contributed by atoms with Crippen LogP contribution in [0.15, 0.2) is 35.7 Å². The maximum atomic E-state index is 12.7. The van der Waals surface area contributed by atoms with Crippen LogP contribution in [0.4, 0.5) is 5.69 Å². The molecule has 1 heterocycles. The van der Waals surface area contributed by atoms with Gasteiger partial charge in [-0.05, 0) is 43.5 Å². The van der Waals surface area contributed by atoms with Gasteiger partial charge in [-0.2, -0.15) is 0 Å². The minimum atomic E-state index is -0.304. The molecule has 0 aliphatic rings. The number of benzene rings is 1. The predicted molar refractivity (Wildman–Crippen MR) is 104 cm³/mol. The zero-order valence-corrected chi connectivity index (χ0v) is 16.1. The molecule has 0 saturated carbocycles. The molecule has 0 aliphatic heterocycles. The van der Waals surface area contributed by atoms with Crippen LogP contribution in [0.2, 0.25) is 5.02 Å². The van der Waals surface area contributed by atoms with Crippen LogP contribution in [0.3, 0.4) is 0 Å². The summed E-state index contributed by atoms with van der Waals surface area (Å²) < 4.78 is 0. The third-order valence-corrected chi connectivity index (χ3v) is 4.78. The maximum absolute atomic E-state index is 12.7. The smallest absolute Gasteiger partial charge is 0.265 e. The summed E-state index contributed by atoms with van der Waals surface area (Å²) >= 11 is 7.46. The van der Waals surface area contributed by atoms with Crippen molar-refractivity contribution in [1.82, 2.24) is 10.2 Å². The van der Waals surface area contributed by atoms with E-state index in [4.69, 9.17) is 11.6 Å². The van der Waals surface area contributed by atoms with Gasteiger partial charge in [-0.15, -0.1) is 11.3 Å². The van der Waals surface area contributed by atoms with Crippen molar-refractivity contribution in [3.05, 3.63) is 51.2 Å². The summed E-state index contributed by atoms with van der Waals surface area (Å²) in [6, 6.07) is 8.14. The van der Waals surface area contributed by atoms with Crippen molar-refractivity contribution in [2.75, 3.05) is 25.0 Å². The zero-order chi connectivity index (χ0) is 19.1. The fourth-order valence-electron chi connectivity index (χ4n) is 2.28. The van der Waals surface area contributed by atoms with Crippen LogP contribution in [0.25, 0.3) is 0 Å². The molecule has 3 amide bonds. The van der Waals surface area contributed by atoms with Gasteiger partial charge in [-0.3, -0.25) is 14.4 Å². The topological polar surface area (TPSA) is 78.5 Å². The minimum Gasteiger partial charge on any atom is -0.355 e. The van der Waals surface area contributed by atoms with Gasteiger partial charge in [-0.25, -0.2) is 0 Å². The monoisotopic (exact) mass is 393 g/mol. The first-order valence-corrected chi connectivity index (χ1v) is 9.42. The highest BCUT2D eigenvalue weighted by atomic mass is 35.5. The third kappa shape index (κ3) is 5.06. The Morgan fingerprint density at radius 2 is 1.96 bits per heavy atom. The molecule has 1 aromatic heterocycles. The Bertz CT molecular complexity index is 793. The average Bonchev–Trinajstić information content (AvgIpc) is 3.16. The number of carbonyl (C=O) groups excluding carboxylic acids is 3. The molecule has 26 heavy (non-hydrogen) atoms. The molecule has 0 saturated heterocycles. The van der Waals surface area contributed by atoms with Crippen LogP contribution in [0.1, 0.15) is 33.9 Å². The van der Waals surface area contributed by atoms with Gasteiger partial charge >= 0.3 is 0 Å². The van der Waals surface area contributed by atoms with Gasteiger partial charge in [0.25, 0.3) is 11.8 Å². The second kappa shape index (κ2) is 9.35. The molecule has 138 valence electrons. The Labute approximate surface area is 161 Å². The highest BCUT2D eigenvalue weighted by Gasteiger charge is 2.19. The number of amides is 3. The van der Waals surface area contributed by atoms with E-state index in [0.717, 1.165) is 0 Å². The normalized spacial score (nSPS) is 10.3. The van der Waals surface area contributed by atoms with Crippen molar-refractivity contribution >= 4 is 46.3 Å². The lowest BCUT2D eigenvalue weighted by Crippen LogP contribution is -2.40. The molecule has 0 spiro atoms. The average molecular weight is 394 g/mol. The van der Waals surface area contributed by atoms with E-state index < -0.39 is 0 Å². The van der Waals surface area contributed by atoms with Crippen molar-refractivity contribution in [3.8, 4) is 0 Å². The van der Waals surface area contributed by atoms with Crippen LogP contribution in [-0.4, -0.2) is 42.3 Å². The summed E-state index contributed by atoms with van der Waals surface area (Å²) in [5.74, 6) is -0.814. The Kier molecular flexibility index (Phi) is 7.17. The largest absolute Gasteiger partial charge is 0.355 e. The summed E-state index contributed by atoms with van der Waals surface area (Å²) in [6.45, 7) is 4.48. The van der Waals surface area contributed by atoms with E-state index in [1.165, 1.54) is 22.3 Å². The fraction of sp³-hybridized carbons (Fsp3) is 0.278. The number of anilines is 1. The first-order valence-electron chi connectivity index (χ1n) is 8.16. The van der Waals surface area contributed by atoms with Crippen LogP contribution >= 0.6 is 22.9 Å². The lowest BCUT2D eigenvalue weighted by Gasteiger charge is -2.20. The number of halogens is 1. The van der Waals surface area contributed by atoms with Crippen molar-refractivity contribution in [3.63, 3.8) is 0 Å². The number of carbonyl (C=O) groups is 3. The zero-order valence-electron chi connectivity index (χ0n) is 14.5. The third-order valence-electron chi connectivity index (χ3n) is 3.58. The van der Waals surface area contributed by atoms with Gasteiger partial charge in [-0.1, -0.05) is 17.7 Å². The summed E-state index contributed by atoms with van der Waals surface area (Å²) in [4.78, 5) is 38.6. The highest BCUT2D eigenvalue weighted by molar-refractivity contribution is 7.12. The molecule has 6 nitrogen and oxygen atoms in total. The Morgan fingerprint density at radius 1 is 1.19 bits per heavy atom. The van der Waals surface area contributed by atoms with Crippen molar-refractivity contribution in [1.29, 1.82) is 0 Å². The predicted octanol–water partition coefficient (Wildman–Crippen LogP) is 3.25. The van der Waals surface area contributed by atoms with E-state index in [-0.39, 0.29) is 24.3 Å². The van der Waals surface area contributed by atoms with Gasteiger partial charge in [0.2, 0.25) is 5.91 Å². The number of nitrogens with one attached hydrogen (secondary N) is 2. The second-order valence-electron chi connectivity index (χ2n) is 5.40. The molecule has 2 aromatic rings. The highest BCUT2D eigenvalue weighted by Crippen LogP contribution is 2.25. The minimum absolute atomic E-state index is 0.0251. The number of nitrogens with zero attached hydrogens (tertiary/aromatic N) is 1. The number of hydrogen-bond acceptors (Lipinski definition) is 4. The second-order valence-corrected chi connectivity index (χ2v) is 6.75. The molecule has 2 rings (SSSR count). The molecule has 8 heteroatoms. The van der Waals surface area contributed by atoms with Gasteiger partial charge in [0.05, 0.1) is 22.1 Å². The number of thiophene rings is 1. The Hall–Kier alpha value is -2.38. The number of rotatable bonds is 7. The van der Waals surface area contributed by atoms with E-state index in [1.807, 2.05) is 6.92 Å². The molecule has 0 unspecified atom stereocenters. The summed E-state index contributed by atoms with van der Waals surface area (Å²) in [6.07, 6.45) is 0. The number of hydrogen-bond donors (Lipinski definition) is 2. The van der Waals surface area contributed by atoms with E-state index in [0.29, 0.717) is 34.2 Å². The summed E-state index contributed by atoms with van der Waals surface area (Å²) in [7, 11) is 0. The van der Waals surface area contributed by atoms with E-state index in [1.54, 1.807) is 36.6 Å². The molecule has 2 N–H and O–H groups in total. The lowest BCUT2D eigenvalue weighted by atomic mass is 10.1. The number of likely N-dealkylation sites (N-methyl/N-ethyl adjacent to an activating group) is 2. The molecule has 1 aromatic carbocycles. The van der Waals surface area contributed by atoms with Gasteiger partial charge in [0, 0.05) is 18.7 Å². The molecular weight excluding hydrogens is 374 g/mol. The van der Waals surface area contributed by atoms with Crippen molar-refractivity contribution < 1.29 is 14.4 Å². The summed E-state index contributed by atoms with van der Waals surface area (Å²) in [5.41, 5.74) is 0.701. The van der Waals surface area contributed by atoms with Crippen LogP contribution < -0.4 is 10.6 Å². The van der Waals surface area contributed by atoms with Gasteiger partial charge < -0.3 is 15.5 Å². The maximum Gasteiger partial charge on any atom is 0.265 e. The first-order chi connectivity index (χ1) is 12.5. The van der Waals surface area contributed by atoms with Crippen LogP contribution in [-0.2, 0) is 4.79 Å². The SMILES string of the molecule is CCNC(=O)CN(CC)C(=O)c1ccc(Cl)c(NC(=O)c2cccs2)c1. The van der Waals surface area contributed by atoms with Gasteiger partial charge in [0.1, 0.15) is 0 Å². The van der Waals surface area contributed by atoms with E-state index >= 15 is 0 Å². The lowest BCUT2D eigenvalue weighted by molar-refractivity contribution is -0.121. The van der Waals surface area contributed by atoms with E-state index in [2.05, 4.69) is 10.6 Å². The molecule has 0 atom stereocenters. The first kappa shape index (κ1) is 19.9. The summed E-state index contributed by atoms with van der Waals surface area (Å²) in [5, 5.41) is 7.52. The van der Waals surface area contributed by atoms with Crippen LogP contribution in [0, 0.1) is 0 Å². The molecule has 0 radical (unpaired) electrons. The van der Waals surface area contributed by atoms with Crippen LogP contribution in [0.5, 0.6) is 0 Å². The fourth-order valence-corrected chi connectivity index (χ4v) is 3.07. The van der Waals surface area contributed by atoms with Crippen molar-refractivity contribution in [2.24, 2.45) is 0 Å². The molecule has 0 fully saturated rings. The molecule has 0 bridgehead atoms. The van der Waals surface area contributed by atoms with Gasteiger partial charge in [0.15, 0.2) is 0 Å². The Morgan fingerprint density at radius 3 is 2.58 bits per heavy atom. The quantitative estimate of drug-likeness (QED) is 0.757.